The van der Waals surface area contributed by atoms with Gasteiger partial charge in [-0.3, -0.25) is 0 Å². The quantitative estimate of drug-likeness (QED) is 0.689. The van der Waals surface area contributed by atoms with Crippen molar-refractivity contribution < 1.29 is 5.11 Å². The van der Waals surface area contributed by atoms with Gasteiger partial charge in [0.1, 0.15) is 5.75 Å². The van der Waals surface area contributed by atoms with E-state index in [2.05, 4.69) is 19.6 Å². The monoisotopic (exact) mass is 182 g/mol. The Morgan fingerprint density at radius 2 is 2.08 bits per heavy atom. The molecule has 1 aromatic rings. The van der Waals surface area contributed by atoms with E-state index in [-0.39, 0.29) is 0 Å². The molecule has 0 aromatic heterocycles. The molecule has 0 heterocycles. The highest BCUT2D eigenvalue weighted by molar-refractivity contribution is 7.80. The third-order valence-electron chi connectivity index (χ3n) is 2.03. The van der Waals surface area contributed by atoms with Crippen molar-refractivity contribution in [2.45, 2.75) is 19.3 Å². The molecule has 1 nitrogen and oxygen atoms in total. The van der Waals surface area contributed by atoms with Crippen molar-refractivity contribution in [3.8, 4) is 5.75 Å². The molecule has 0 radical (unpaired) electrons. The summed E-state index contributed by atoms with van der Waals surface area (Å²) in [5.41, 5.74) is 1.02. The van der Waals surface area contributed by atoms with Crippen LogP contribution in [0.25, 0.3) is 0 Å². The fraction of sp³-hybridized carbons (Fsp3) is 0.400. The van der Waals surface area contributed by atoms with Crippen LogP contribution in [0.5, 0.6) is 5.75 Å². The topological polar surface area (TPSA) is 20.2 Å². The molecule has 2 heteroatoms. The largest absolute Gasteiger partial charge is 0.508 e. The molecule has 12 heavy (non-hydrogen) atoms. The van der Waals surface area contributed by atoms with Gasteiger partial charge in [-0.2, -0.15) is 12.6 Å². The van der Waals surface area contributed by atoms with Crippen molar-refractivity contribution in [3.05, 3.63) is 29.8 Å². The van der Waals surface area contributed by atoms with Crippen molar-refractivity contribution in [2.75, 3.05) is 5.75 Å². The van der Waals surface area contributed by atoms with E-state index < -0.39 is 0 Å². The maximum absolute atomic E-state index is 9.48. The number of phenols is 1. The molecule has 1 atom stereocenters. The van der Waals surface area contributed by atoms with E-state index >= 15 is 0 Å². The highest BCUT2D eigenvalue weighted by Crippen LogP contribution is 2.27. The molecule has 0 bridgehead atoms. The fourth-order valence-electron chi connectivity index (χ4n) is 1.25. The van der Waals surface area contributed by atoms with E-state index in [4.69, 9.17) is 0 Å². The Bertz CT molecular complexity index is 247. The van der Waals surface area contributed by atoms with Gasteiger partial charge in [0, 0.05) is 0 Å². The first-order chi connectivity index (χ1) is 5.75. The molecule has 0 fully saturated rings. The molecule has 0 saturated heterocycles. The van der Waals surface area contributed by atoms with Gasteiger partial charge in [0.2, 0.25) is 0 Å². The average Bonchev–Trinajstić information content (AvgIpc) is 2.05. The fourth-order valence-corrected chi connectivity index (χ4v) is 1.64. The Kier molecular flexibility index (Phi) is 3.48. The summed E-state index contributed by atoms with van der Waals surface area (Å²) in [6, 6.07) is 7.48. The van der Waals surface area contributed by atoms with Crippen molar-refractivity contribution in [1.82, 2.24) is 0 Å². The molecular weight excluding hydrogens is 168 g/mol. The maximum atomic E-state index is 9.48. The van der Waals surface area contributed by atoms with Gasteiger partial charge in [0.15, 0.2) is 0 Å². The number of hydrogen-bond acceptors (Lipinski definition) is 2. The third-order valence-corrected chi connectivity index (χ3v) is 2.29. The van der Waals surface area contributed by atoms with E-state index in [1.807, 2.05) is 18.2 Å². The van der Waals surface area contributed by atoms with Crippen LogP contribution in [0.4, 0.5) is 0 Å². The molecule has 1 N–H and O–H groups in total. The number of para-hydroxylation sites is 1. The minimum Gasteiger partial charge on any atom is -0.508 e. The Morgan fingerprint density at radius 1 is 1.42 bits per heavy atom. The molecule has 0 saturated carbocycles. The zero-order chi connectivity index (χ0) is 8.97. The number of aromatic hydroxyl groups is 1. The highest BCUT2D eigenvalue weighted by atomic mass is 32.1. The summed E-state index contributed by atoms with van der Waals surface area (Å²) < 4.78 is 0. The number of phenolic OH excluding ortho intramolecular Hbond substituents is 1. The average molecular weight is 182 g/mol. The van der Waals surface area contributed by atoms with Gasteiger partial charge in [0.25, 0.3) is 0 Å². The van der Waals surface area contributed by atoms with Crippen LogP contribution in [0, 0.1) is 0 Å². The first kappa shape index (κ1) is 9.46. The van der Waals surface area contributed by atoms with Crippen LogP contribution in [0.1, 0.15) is 24.8 Å². The number of benzene rings is 1. The lowest BCUT2D eigenvalue weighted by Crippen LogP contribution is -1.94. The van der Waals surface area contributed by atoms with Crippen LogP contribution in [0.15, 0.2) is 24.3 Å². The predicted molar refractivity (Wildman–Crippen MR) is 55.0 cm³/mol. The molecule has 0 spiro atoms. The summed E-state index contributed by atoms with van der Waals surface area (Å²) in [4.78, 5) is 0. The number of thiol groups is 1. The molecule has 1 unspecified atom stereocenters. The van der Waals surface area contributed by atoms with E-state index in [9.17, 15) is 5.11 Å². The second kappa shape index (κ2) is 4.41. The Labute approximate surface area is 78.8 Å². The lowest BCUT2D eigenvalue weighted by molar-refractivity contribution is 0.462. The first-order valence-electron chi connectivity index (χ1n) is 4.14. The molecule has 1 rings (SSSR count). The molecule has 0 aliphatic heterocycles. The smallest absolute Gasteiger partial charge is 0.119 e. The van der Waals surface area contributed by atoms with Crippen LogP contribution >= 0.6 is 12.6 Å². The van der Waals surface area contributed by atoms with Crippen LogP contribution in [-0.2, 0) is 0 Å². The van der Waals surface area contributed by atoms with Gasteiger partial charge in [-0.15, -0.1) is 0 Å². The van der Waals surface area contributed by atoms with E-state index in [0.717, 1.165) is 17.7 Å². The minimum absolute atomic E-state index is 0.392. The van der Waals surface area contributed by atoms with Gasteiger partial charge in [-0.05, 0) is 29.7 Å². The highest BCUT2D eigenvalue weighted by Gasteiger charge is 2.07. The van der Waals surface area contributed by atoms with Crippen LogP contribution in [0.2, 0.25) is 0 Å². The van der Waals surface area contributed by atoms with Gasteiger partial charge < -0.3 is 5.11 Å². The second-order valence-corrected chi connectivity index (χ2v) is 3.42. The zero-order valence-corrected chi connectivity index (χ0v) is 8.09. The van der Waals surface area contributed by atoms with Crippen molar-refractivity contribution in [1.29, 1.82) is 0 Å². The van der Waals surface area contributed by atoms with Crippen LogP contribution in [-0.4, -0.2) is 10.9 Å². The summed E-state index contributed by atoms with van der Waals surface area (Å²) in [6.07, 6.45) is 1.00. The summed E-state index contributed by atoms with van der Waals surface area (Å²) in [5, 5.41) is 9.48. The second-order valence-electron chi connectivity index (χ2n) is 2.97. The number of rotatable bonds is 3. The van der Waals surface area contributed by atoms with Crippen molar-refractivity contribution in [3.63, 3.8) is 0 Å². The standard InChI is InChI=1S/C10H14OS/c1-8(6-7-12)9-4-2-3-5-10(9)11/h2-5,8,11-12H,6-7H2,1H3. The van der Waals surface area contributed by atoms with Crippen LogP contribution in [0.3, 0.4) is 0 Å². The summed E-state index contributed by atoms with van der Waals surface area (Å²) in [7, 11) is 0. The van der Waals surface area contributed by atoms with Gasteiger partial charge in [-0.1, -0.05) is 25.1 Å². The Hall–Kier alpha value is -0.630. The lowest BCUT2D eigenvalue weighted by Gasteiger charge is -2.11. The van der Waals surface area contributed by atoms with E-state index in [1.54, 1.807) is 6.07 Å². The van der Waals surface area contributed by atoms with E-state index in [1.165, 1.54) is 0 Å². The van der Waals surface area contributed by atoms with Gasteiger partial charge in [0.05, 0.1) is 0 Å². The SMILES string of the molecule is CC(CCS)c1ccccc1O. The summed E-state index contributed by atoms with van der Waals surface area (Å²) >= 11 is 4.16. The van der Waals surface area contributed by atoms with Crippen molar-refractivity contribution >= 4 is 12.6 Å². The zero-order valence-electron chi connectivity index (χ0n) is 7.20. The van der Waals surface area contributed by atoms with Crippen molar-refractivity contribution in [2.24, 2.45) is 0 Å². The van der Waals surface area contributed by atoms with Crippen LogP contribution < -0.4 is 0 Å². The van der Waals surface area contributed by atoms with Gasteiger partial charge >= 0.3 is 0 Å². The summed E-state index contributed by atoms with van der Waals surface area (Å²) in [5.74, 6) is 1.64. The molecule has 1 aromatic carbocycles. The van der Waals surface area contributed by atoms with Gasteiger partial charge in [-0.25, -0.2) is 0 Å². The minimum atomic E-state index is 0.392. The summed E-state index contributed by atoms with van der Waals surface area (Å²) in [6.45, 7) is 2.10. The number of hydrogen-bond donors (Lipinski definition) is 2. The first-order valence-corrected chi connectivity index (χ1v) is 4.77. The molecule has 0 aliphatic rings. The third kappa shape index (κ3) is 2.18. The molecule has 0 amide bonds. The lowest BCUT2D eigenvalue weighted by atomic mass is 9.98. The molecule has 66 valence electrons. The normalized spacial score (nSPS) is 12.8. The Morgan fingerprint density at radius 3 is 2.67 bits per heavy atom. The Balaban J connectivity index is 2.79. The maximum Gasteiger partial charge on any atom is 0.119 e. The van der Waals surface area contributed by atoms with E-state index in [0.29, 0.717) is 11.7 Å². The predicted octanol–water partition coefficient (Wildman–Crippen LogP) is 2.82. The molecular formula is C10H14OS. The molecule has 0 aliphatic carbocycles.